The van der Waals surface area contributed by atoms with Crippen LogP contribution in [0.2, 0.25) is 0 Å². The lowest BCUT2D eigenvalue weighted by Gasteiger charge is -2.05. The highest BCUT2D eigenvalue weighted by molar-refractivity contribution is 5.40. The van der Waals surface area contributed by atoms with E-state index < -0.39 is 0 Å². The Morgan fingerprint density at radius 3 is 3.00 bits per heavy atom. The quantitative estimate of drug-likeness (QED) is 0.559. The fourth-order valence-electron chi connectivity index (χ4n) is 0.903. The second kappa shape index (κ2) is 5.54. The molecule has 1 N–H and O–H groups in total. The minimum absolute atomic E-state index is 0.260. The van der Waals surface area contributed by atoms with Gasteiger partial charge in [0.25, 0.3) is 0 Å². The third kappa shape index (κ3) is 3.90. The summed E-state index contributed by atoms with van der Waals surface area (Å²) in [6.45, 7) is 2.73. The van der Waals surface area contributed by atoms with E-state index in [1.165, 1.54) is 12.1 Å². The molecule has 0 heterocycles. The molecule has 2 nitrogen and oxygen atoms in total. The molecule has 0 spiro atoms. The molecule has 13 heavy (non-hydrogen) atoms. The lowest BCUT2D eigenvalue weighted by atomic mass is 10.3. The molecule has 0 saturated heterocycles. The van der Waals surface area contributed by atoms with E-state index in [9.17, 15) is 4.39 Å². The van der Waals surface area contributed by atoms with Crippen LogP contribution in [-0.4, -0.2) is 6.61 Å². The Labute approximate surface area is 77.7 Å². The summed E-state index contributed by atoms with van der Waals surface area (Å²) in [6, 6.07) is 6.19. The van der Waals surface area contributed by atoms with E-state index in [1.807, 2.05) is 0 Å². The van der Waals surface area contributed by atoms with Crippen LogP contribution in [0.3, 0.4) is 0 Å². The Morgan fingerprint density at radius 1 is 1.46 bits per heavy atom. The maximum absolute atomic E-state index is 12.6. The Kier molecular flexibility index (Phi) is 4.26. The zero-order chi connectivity index (χ0) is 9.52. The molecule has 0 unspecified atom stereocenters. The van der Waals surface area contributed by atoms with Crippen LogP contribution >= 0.6 is 0 Å². The number of anilines is 1. The summed E-state index contributed by atoms with van der Waals surface area (Å²) in [7, 11) is 0. The topological polar surface area (TPSA) is 21.3 Å². The van der Waals surface area contributed by atoms with E-state index in [2.05, 4.69) is 12.4 Å². The van der Waals surface area contributed by atoms with Crippen LogP contribution in [0.5, 0.6) is 0 Å². The summed E-state index contributed by atoms with van der Waals surface area (Å²) in [6.07, 6.45) is 2.09. The van der Waals surface area contributed by atoms with Crippen molar-refractivity contribution in [3.8, 4) is 0 Å². The van der Waals surface area contributed by atoms with E-state index in [1.54, 1.807) is 12.1 Å². The summed E-state index contributed by atoms with van der Waals surface area (Å²) in [5.41, 5.74) is 3.33. The van der Waals surface area contributed by atoms with E-state index in [4.69, 9.17) is 4.84 Å². The van der Waals surface area contributed by atoms with E-state index >= 15 is 0 Å². The van der Waals surface area contributed by atoms with Crippen molar-refractivity contribution in [3.05, 3.63) is 30.1 Å². The molecule has 0 aliphatic heterocycles. The first-order valence-electron chi connectivity index (χ1n) is 4.46. The number of hydrogen-bond donors (Lipinski definition) is 1. The lowest BCUT2D eigenvalue weighted by molar-refractivity contribution is 0.189. The molecular weight excluding hydrogens is 169 g/mol. The molecule has 1 rings (SSSR count). The van der Waals surface area contributed by atoms with Crippen LogP contribution in [0, 0.1) is 5.82 Å². The minimum atomic E-state index is -0.260. The van der Waals surface area contributed by atoms with Crippen molar-refractivity contribution in [2.45, 2.75) is 19.8 Å². The summed E-state index contributed by atoms with van der Waals surface area (Å²) < 4.78 is 12.6. The van der Waals surface area contributed by atoms with Crippen molar-refractivity contribution in [2.24, 2.45) is 0 Å². The molecule has 0 aromatic heterocycles. The van der Waals surface area contributed by atoms with Gasteiger partial charge in [-0.1, -0.05) is 19.4 Å². The first kappa shape index (κ1) is 9.99. The molecule has 0 atom stereocenters. The number of halogens is 1. The van der Waals surface area contributed by atoms with Crippen LogP contribution < -0.4 is 5.48 Å². The third-order valence-corrected chi connectivity index (χ3v) is 1.61. The average molecular weight is 183 g/mol. The Hall–Kier alpha value is -1.09. The molecule has 0 aliphatic carbocycles. The van der Waals surface area contributed by atoms with Crippen molar-refractivity contribution in [1.82, 2.24) is 0 Å². The molecule has 3 heteroatoms. The normalized spacial score (nSPS) is 10.0. The predicted molar refractivity (Wildman–Crippen MR) is 50.9 cm³/mol. The highest BCUT2D eigenvalue weighted by Crippen LogP contribution is 2.08. The van der Waals surface area contributed by atoms with Crippen molar-refractivity contribution in [1.29, 1.82) is 0 Å². The minimum Gasteiger partial charge on any atom is -0.276 e. The maximum atomic E-state index is 12.6. The first-order valence-corrected chi connectivity index (χ1v) is 4.46. The van der Waals surface area contributed by atoms with Crippen molar-refractivity contribution in [3.63, 3.8) is 0 Å². The van der Waals surface area contributed by atoms with Crippen molar-refractivity contribution in [2.75, 3.05) is 12.1 Å². The first-order chi connectivity index (χ1) is 6.33. The number of benzene rings is 1. The van der Waals surface area contributed by atoms with Gasteiger partial charge >= 0.3 is 0 Å². The number of hydrogen-bond acceptors (Lipinski definition) is 2. The molecule has 0 fully saturated rings. The molecular formula is C10H14FNO. The fourth-order valence-corrected chi connectivity index (χ4v) is 0.903. The molecule has 72 valence electrons. The number of rotatable bonds is 5. The number of nitrogens with one attached hydrogen (secondary N) is 1. The fraction of sp³-hybridized carbons (Fsp3) is 0.400. The van der Waals surface area contributed by atoms with Gasteiger partial charge in [-0.25, -0.2) is 4.39 Å². The SMILES string of the molecule is CCCCONc1cccc(F)c1. The third-order valence-electron chi connectivity index (χ3n) is 1.61. The second-order valence-electron chi connectivity index (χ2n) is 2.81. The van der Waals surface area contributed by atoms with Gasteiger partial charge in [0.1, 0.15) is 5.82 Å². The lowest BCUT2D eigenvalue weighted by Crippen LogP contribution is -2.02. The molecule has 1 aromatic carbocycles. The highest BCUT2D eigenvalue weighted by Gasteiger charge is 1.93. The van der Waals surface area contributed by atoms with Crippen LogP contribution in [0.1, 0.15) is 19.8 Å². The van der Waals surface area contributed by atoms with E-state index in [0.717, 1.165) is 12.8 Å². The molecule has 0 amide bonds. The average Bonchev–Trinajstić information content (AvgIpc) is 2.13. The van der Waals surface area contributed by atoms with Crippen molar-refractivity contribution < 1.29 is 9.23 Å². The van der Waals surface area contributed by atoms with Crippen molar-refractivity contribution >= 4 is 5.69 Å². The van der Waals surface area contributed by atoms with Gasteiger partial charge in [-0.05, 0) is 24.6 Å². The van der Waals surface area contributed by atoms with Crippen LogP contribution in [0.4, 0.5) is 10.1 Å². The summed E-state index contributed by atoms with van der Waals surface area (Å²) in [4.78, 5) is 5.10. The highest BCUT2D eigenvalue weighted by atomic mass is 19.1. The zero-order valence-electron chi connectivity index (χ0n) is 7.72. The summed E-state index contributed by atoms with van der Waals surface area (Å²) >= 11 is 0. The standard InChI is InChI=1S/C10H14FNO/c1-2-3-7-13-12-10-6-4-5-9(11)8-10/h4-6,8,12H,2-3,7H2,1H3. The zero-order valence-corrected chi connectivity index (χ0v) is 7.72. The molecule has 0 radical (unpaired) electrons. The Balaban J connectivity index is 2.28. The van der Waals surface area contributed by atoms with Crippen LogP contribution in [0.25, 0.3) is 0 Å². The van der Waals surface area contributed by atoms with Gasteiger partial charge in [-0.15, -0.1) is 0 Å². The van der Waals surface area contributed by atoms with Gasteiger partial charge < -0.3 is 0 Å². The van der Waals surface area contributed by atoms with Gasteiger partial charge in [-0.2, -0.15) is 0 Å². The predicted octanol–water partition coefficient (Wildman–Crippen LogP) is 2.97. The van der Waals surface area contributed by atoms with Crippen LogP contribution in [-0.2, 0) is 4.84 Å². The second-order valence-corrected chi connectivity index (χ2v) is 2.81. The molecule has 0 saturated carbocycles. The molecule has 1 aromatic rings. The molecule has 0 aliphatic rings. The van der Waals surface area contributed by atoms with Crippen LogP contribution in [0.15, 0.2) is 24.3 Å². The largest absolute Gasteiger partial charge is 0.276 e. The van der Waals surface area contributed by atoms with Gasteiger partial charge in [0.15, 0.2) is 0 Å². The summed E-state index contributed by atoms with van der Waals surface area (Å²) in [5.74, 6) is -0.260. The molecule has 0 bridgehead atoms. The van der Waals surface area contributed by atoms with Gasteiger partial charge in [-0.3, -0.25) is 10.3 Å². The monoisotopic (exact) mass is 183 g/mol. The Bertz CT molecular complexity index is 252. The Morgan fingerprint density at radius 2 is 2.31 bits per heavy atom. The van der Waals surface area contributed by atoms with E-state index in [-0.39, 0.29) is 5.82 Å². The van der Waals surface area contributed by atoms with Gasteiger partial charge in [0.2, 0.25) is 0 Å². The van der Waals surface area contributed by atoms with Gasteiger partial charge in [0.05, 0.1) is 12.3 Å². The maximum Gasteiger partial charge on any atom is 0.125 e. The summed E-state index contributed by atoms with van der Waals surface area (Å²) in [5, 5.41) is 0. The smallest absolute Gasteiger partial charge is 0.125 e. The van der Waals surface area contributed by atoms with Gasteiger partial charge in [0, 0.05) is 0 Å². The van der Waals surface area contributed by atoms with E-state index in [0.29, 0.717) is 12.3 Å². The number of unbranched alkanes of at least 4 members (excludes halogenated alkanes) is 1.